The zero-order valence-electron chi connectivity index (χ0n) is 13.2. The van der Waals surface area contributed by atoms with E-state index in [1.54, 1.807) is 19.2 Å². The molecule has 0 spiro atoms. The summed E-state index contributed by atoms with van der Waals surface area (Å²) in [5.41, 5.74) is 0. The van der Waals surface area contributed by atoms with E-state index in [1.165, 1.54) is 24.6 Å². The number of piperidine rings is 1. The Morgan fingerprint density at radius 2 is 2.00 bits per heavy atom. The van der Waals surface area contributed by atoms with Gasteiger partial charge in [0.2, 0.25) is 10.0 Å². The third-order valence-corrected chi connectivity index (χ3v) is 5.76. The lowest BCUT2D eigenvalue weighted by Gasteiger charge is -2.31. The van der Waals surface area contributed by atoms with E-state index in [2.05, 4.69) is 0 Å². The van der Waals surface area contributed by atoms with Crippen molar-refractivity contribution in [2.45, 2.75) is 17.7 Å². The predicted octanol–water partition coefficient (Wildman–Crippen LogP) is 1.75. The van der Waals surface area contributed by atoms with Crippen molar-refractivity contribution < 1.29 is 22.6 Å². The van der Waals surface area contributed by atoms with E-state index in [0.29, 0.717) is 31.2 Å². The number of nitrogens with zero attached hydrogens (tertiary/aromatic N) is 1. The van der Waals surface area contributed by atoms with E-state index in [1.807, 2.05) is 0 Å². The monoisotopic (exact) mass is 329 g/mol. The van der Waals surface area contributed by atoms with Crippen LogP contribution in [0.25, 0.3) is 0 Å². The molecule has 7 heteroatoms. The maximum Gasteiger partial charge on any atom is 0.246 e. The molecule has 1 aromatic rings. The molecule has 1 aromatic carbocycles. The van der Waals surface area contributed by atoms with Crippen LogP contribution in [0.1, 0.15) is 12.8 Å². The second-order valence-electron chi connectivity index (χ2n) is 5.34. The minimum absolute atomic E-state index is 0.146. The summed E-state index contributed by atoms with van der Waals surface area (Å²) in [6.45, 7) is 1.56. The summed E-state index contributed by atoms with van der Waals surface area (Å²) in [4.78, 5) is 0.146. The average Bonchev–Trinajstić information content (AvgIpc) is 2.54. The minimum atomic E-state index is -3.62. The number of sulfonamides is 1. The maximum atomic E-state index is 12.9. The van der Waals surface area contributed by atoms with Gasteiger partial charge in [-0.3, -0.25) is 0 Å². The van der Waals surface area contributed by atoms with Gasteiger partial charge >= 0.3 is 0 Å². The van der Waals surface area contributed by atoms with E-state index in [9.17, 15) is 8.42 Å². The zero-order valence-corrected chi connectivity index (χ0v) is 14.1. The van der Waals surface area contributed by atoms with E-state index >= 15 is 0 Å². The molecule has 124 valence electrons. The van der Waals surface area contributed by atoms with Crippen LogP contribution in [0.2, 0.25) is 0 Å². The van der Waals surface area contributed by atoms with Crippen molar-refractivity contribution in [2.75, 3.05) is 41.0 Å². The van der Waals surface area contributed by atoms with Gasteiger partial charge in [-0.25, -0.2) is 8.42 Å². The Balaban J connectivity index is 2.33. The van der Waals surface area contributed by atoms with E-state index in [0.717, 1.165) is 12.8 Å². The van der Waals surface area contributed by atoms with E-state index < -0.39 is 10.0 Å². The Labute approximate surface area is 132 Å². The Morgan fingerprint density at radius 1 is 1.23 bits per heavy atom. The van der Waals surface area contributed by atoms with Gasteiger partial charge < -0.3 is 14.2 Å². The zero-order chi connectivity index (χ0) is 16.2. The maximum absolute atomic E-state index is 12.9. The molecular weight excluding hydrogens is 306 g/mol. The highest BCUT2D eigenvalue weighted by molar-refractivity contribution is 7.89. The number of hydrogen-bond acceptors (Lipinski definition) is 5. The summed E-state index contributed by atoms with van der Waals surface area (Å²) in [5, 5.41) is 0. The summed E-state index contributed by atoms with van der Waals surface area (Å²) < 4.78 is 42.9. The highest BCUT2D eigenvalue weighted by atomic mass is 32.2. The van der Waals surface area contributed by atoms with Crippen LogP contribution in [0.3, 0.4) is 0 Å². The first-order valence-electron chi connectivity index (χ1n) is 7.24. The molecule has 0 saturated carbocycles. The molecule has 1 aliphatic heterocycles. The lowest BCUT2D eigenvalue weighted by atomic mass is 10.0. The van der Waals surface area contributed by atoms with Gasteiger partial charge in [-0.2, -0.15) is 4.31 Å². The van der Waals surface area contributed by atoms with Crippen LogP contribution in [0, 0.1) is 5.92 Å². The molecule has 0 N–H and O–H groups in total. The molecule has 0 bridgehead atoms. The van der Waals surface area contributed by atoms with Crippen LogP contribution < -0.4 is 9.47 Å². The summed E-state index contributed by atoms with van der Waals surface area (Å²) in [5.74, 6) is 1.05. The molecule has 0 aliphatic carbocycles. The molecule has 1 fully saturated rings. The highest BCUT2D eigenvalue weighted by Crippen LogP contribution is 2.32. The topological polar surface area (TPSA) is 65.1 Å². The first-order chi connectivity index (χ1) is 10.5. The van der Waals surface area contributed by atoms with Crippen LogP contribution in [0.4, 0.5) is 0 Å². The van der Waals surface area contributed by atoms with Gasteiger partial charge in [0.15, 0.2) is 0 Å². The number of rotatable bonds is 6. The van der Waals surface area contributed by atoms with Gasteiger partial charge in [0.1, 0.15) is 16.4 Å². The molecule has 0 radical (unpaired) electrons. The fourth-order valence-electron chi connectivity index (χ4n) is 2.74. The first kappa shape index (κ1) is 17.1. The van der Waals surface area contributed by atoms with Gasteiger partial charge in [-0.15, -0.1) is 0 Å². The molecule has 0 aromatic heterocycles. The lowest BCUT2D eigenvalue weighted by Crippen LogP contribution is -2.41. The molecular formula is C15H23NO5S. The number of methoxy groups -OCH3 is 3. The van der Waals surface area contributed by atoms with Crippen LogP contribution in [0.15, 0.2) is 23.1 Å². The predicted molar refractivity (Wildman–Crippen MR) is 82.9 cm³/mol. The second kappa shape index (κ2) is 7.30. The summed E-state index contributed by atoms with van der Waals surface area (Å²) in [6, 6.07) is 4.80. The van der Waals surface area contributed by atoms with Crippen LogP contribution >= 0.6 is 0 Å². The fourth-order valence-corrected chi connectivity index (χ4v) is 4.47. The average molecular weight is 329 g/mol. The van der Waals surface area contributed by atoms with Crippen molar-refractivity contribution in [1.29, 1.82) is 0 Å². The van der Waals surface area contributed by atoms with Crippen LogP contribution in [0.5, 0.6) is 11.5 Å². The van der Waals surface area contributed by atoms with Gasteiger partial charge in [-0.1, -0.05) is 0 Å². The molecule has 2 rings (SSSR count). The molecule has 0 amide bonds. The van der Waals surface area contributed by atoms with Crippen molar-refractivity contribution in [2.24, 2.45) is 5.92 Å². The molecule has 6 nitrogen and oxygen atoms in total. The third-order valence-electron chi connectivity index (χ3n) is 3.87. The lowest BCUT2D eigenvalue weighted by molar-refractivity contribution is 0.118. The molecule has 1 heterocycles. The Morgan fingerprint density at radius 3 is 2.64 bits per heavy atom. The SMILES string of the molecule is COCC1CCCN(S(=O)(=O)c2cc(OC)ccc2OC)C1. The largest absolute Gasteiger partial charge is 0.497 e. The summed E-state index contributed by atoms with van der Waals surface area (Å²) >= 11 is 0. The molecule has 1 atom stereocenters. The van der Waals surface area contributed by atoms with Crippen LogP contribution in [-0.4, -0.2) is 53.7 Å². The number of hydrogen-bond donors (Lipinski definition) is 0. The van der Waals surface area contributed by atoms with Crippen molar-refractivity contribution >= 4 is 10.0 Å². The normalized spacial score (nSPS) is 19.9. The Hall–Kier alpha value is -1.31. The molecule has 22 heavy (non-hydrogen) atoms. The van der Waals surface area contributed by atoms with E-state index in [-0.39, 0.29) is 10.8 Å². The van der Waals surface area contributed by atoms with Crippen molar-refractivity contribution in [3.63, 3.8) is 0 Å². The second-order valence-corrected chi connectivity index (χ2v) is 7.25. The van der Waals surface area contributed by atoms with Crippen molar-refractivity contribution in [3.8, 4) is 11.5 Å². The van der Waals surface area contributed by atoms with Crippen molar-refractivity contribution in [1.82, 2.24) is 4.31 Å². The van der Waals surface area contributed by atoms with Gasteiger partial charge in [0.05, 0.1) is 20.8 Å². The smallest absolute Gasteiger partial charge is 0.246 e. The minimum Gasteiger partial charge on any atom is -0.497 e. The molecule has 1 saturated heterocycles. The van der Waals surface area contributed by atoms with Gasteiger partial charge in [-0.05, 0) is 30.9 Å². The first-order valence-corrected chi connectivity index (χ1v) is 8.68. The molecule has 1 unspecified atom stereocenters. The Bertz CT molecular complexity index is 600. The van der Waals surface area contributed by atoms with E-state index in [4.69, 9.17) is 14.2 Å². The number of ether oxygens (including phenoxy) is 3. The standard InChI is InChI=1S/C15H23NO5S/c1-19-11-12-5-4-8-16(10-12)22(17,18)15-9-13(20-2)6-7-14(15)21-3/h6-7,9,12H,4-5,8,10-11H2,1-3H3. The van der Waals surface area contributed by atoms with Gasteiger partial charge in [0, 0.05) is 26.3 Å². The van der Waals surface area contributed by atoms with Crippen molar-refractivity contribution in [3.05, 3.63) is 18.2 Å². The Kier molecular flexibility index (Phi) is 5.66. The number of benzene rings is 1. The van der Waals surface area contributed by atoms with Crippen LogP contribution in [-0.2, 0) is 14.8 Å². The fraction of sp³-hybridized carbons (Fsp3) is 0.600. The third kappa shape index (κ3) is 3.53. The highest BCUT2D eigenvalue weighted by Gasteiger charge is 2.32. The summed E-state index contributed by atoms with van der Waals surface area (Å²) in [7, 11) is 0.992. The quantitative estimate of drug-likeness (QED) is 0.795. The summed E-state index contributed by atoms with van der Waals surface area (Å²) in [6.07, 6.45) is 1.81. The molecule has 1 aliphatic rings. The van der Waals surface area contributed by atoms with Gasteiger partial charge in [0.25, 0.3) is 0 Å².